The lowest BCUT2D eigenvalue weighted by Crippen LogP contribution is -2.44. The Hall–Kier alpha value is -3.90. The van der Waals surface area contributed by atoms with Crippen molar-refractivity contribution in [3.63, 3.8) is 0 Å². The molecule has 11 nitrogen and oxygen atoms in total. The molecule has 2 aliphatic rings. The van der Waals surface area contributed by atoms with Gasteiger partial charge in [-0.05, 0) is 43.0 Å². The summed E-state index contributed by atoms with van der Waals surface area (Å²) in [4.78, 5) is 47.8. The summed E-state index contributed by atoms with van der Waals surface area (Å²) in [5.74, 6) is -0.0957. The zero-order valence-electron chi connectivity index (χ0n) is 21.4. The number of hydrogen-bond donors (Lipinski definition) is 1. The molecule has 0 spiro atoms. The van der Waals surface area contributed by atoms with Gasteiger partial charge in [0.25, 0.3) is 5.91 Å². The number of fused-ring (bicyclic) bond motifs is 1. The lowest BCUT2D eigenvalue weighted by atomic mass is 10.0. The van der Waals surface area contributed by atoms with Crippen molar-refractivity contribution in [1.29, 1.82) is 0 Å². The fourth-order valence-electron chi connectivity index (χ4n) is 5.20. The van der Waals surface area contributed by atoms with Gasteiger partial charge in [0.1, 0.15) is 10.9 Å². The first-order chi connectivity index (χ1) is 18.8. The Balaban J connectivity index is 1.12. The van der Waals surface area contributed by atoms with Crippen LogP contribution in [-0.4, -0.2) is 76.9 Å². The lowest BCUT2D eigenvalue weighted by molar-refractivity contribution is -0.137. The van der Waals surface area contributed by atoms with Gasteiger partial charge in [0.15, 0.2) is 17.9 Å². The van der Waals surface area contributed by atoms with Gasteiger partial charge in [0, 0.05) is 43.0 Å². The molecule has 0 bridgehead atoms. The van der Waals surface area contributed by atoms with Crippen molar-refractivity contribution < 1.29 is 27.2 Å². The van der Waals surface area contributed by atoms with E-state index < -0.39 is 22.1 Å². The number of nitrogens with zero attached hydrogens (tertiary/aromatic N) is 4. The van der Waals surface area contributed by atoms with Crippen molar-refractivity contribution in [2.75, 3.05) is 19.6 Å². The van der Waals surface area contributed by atoms with Crippen LogP contribution in [0.15, 0.2) is 70.7 Å². The number of nitrogens with one attached hydrogen (secondary N) is 1. The third-order valence-electron chi connectivity index (χ3n) is 7.25. The predicted octanol–water partition coefficient (Wildman–Crippen LogP) is 2.13. The van der Waals surface area contributed by atoms with Gasteiger partial charge >= 0.3 is 0 Å². The minimum Gasteiger partial charge on any atom is -0.444 e. The summed E-state index contributed by atoms with van der Waals surface area (Å²) in [6.45, 7) is 2.38. The number of benzene rings is 1. The second-order valence-electron chi connectivity index (χ2n) is 9.89. The van der Waals surface area contributed by atoms with Gasteiger partial charge in [-0.25, -0.2) is 13.4 Å². The standard InChI is InChI=1S/C27H29N5O6S/c1-18(8-11-30-27(35)20-6-4-19(5-7-20)24-15-29-17-38-24)13-25(34)31-12-9-22-26(31)23(33)16-32(22)39(36,37)21-3-2-10-28-14-21/h2-7,10,14-15,17-18,22,26H,8-9,11-13,16H2,1H3,(H,30,35). The number of ketones is 1. The summed E-state index contributed by atoms with van der Waals surface area (Å²) >= 11 is 0. The van der Waals surface area contributed by atoms with E-state index in [2.05, 4.69) is 15.3 Å². The molecule has 2 fully saturated rings. The van der Waals surface area contributed by atoms with Gasteiger partial charge in [0.2, 0.25) is 15.9 Å². The van der Waals surface area contributed by atoms with Gasteiger partial charge in [-0.1, -0.05) is 19.1 Å². The molecule has 0 saturated carbocycles. The molecule has 3 aromatic rings. The van der Waals surface area contributed by atoms with Gasteiger partial charge in [-0.3, -0.25) is 19.4 Å². The smallest absolute Gasteiger partial charge is 0.251 e. The predicted molar refractivity (Wildman–Crippen MR) is 140 cm³/mol. The Labute approximate surface area is 226 Å². The highest BCUT2D eigenvalue weighted by Gasteiger charge is 2.53. The first-order valence-electron chi connectivity index (χ1n) is 12.8. The summed E-state index contributed by atoms with van der Waals surface area (Å²) in [6, 6.07) is 8.63. The molecule has 5 rings (SSSR count). The van der Waals surface area contributed by atoms with Crippen molar-refractivity contribution in [2.45, 2.75) is 43.2 Å². The van der Waals surface area contributed by atoms with Crippen LogP contribution in [0.1, 0.15) is 36.5 Å². The monoisotopic (exact) mass is 551 g/mol. The molecule has 0 aliphatic carbocycles. The molecule has 3 atom stereocenters. The van der Waals surface area contributed by atoms with Gasteiger partial charge in [-0.2, -0.15) is 4.31 Å². The van der Waals surface area contributed by atoms with E-state index in [1.54, 1.807) is 30.5 Å². The average molecular weight is 552 g/mol. The van der Waals surface area contributed by atoms with E-state index in [1.807, 2.05) is 6.92 Å². The maximum absolute atomic E-state index is 13.1. The maximum Gasteiger partial charge on any atom is 0.251 e. The topological polar surface area (TPSA) is 143 Å². The Morgan fingerprint density at radius 2 is 1.95 bits per heavy atom. The van der Waals surface area contributed by atoms with Crippen LogP contribution >= 0.6 is 0 Å². The van der Waals surface area contributed by atoms with E-state index >= 15 is 0 Å². The molecule has 4 heterocycles. The van der Waals surface area contributed by atoms with Crippen LogP contribution in [0.2, 0.25) is 0 Å². The van der Waals surface area contributed by atoms with Crippen LogP contribution in [0.3, 0.4) is 0 Å². The van der Waals surface area contributed by atoms with E-state index in [0.717, 1.165) is 5.56 Å². The molecule has 1 aromatic carbocycles. The van der Waals surface area contributed by atoms with Crippen LogP contribution in [0.25, 0.3) is 11.3 Å². The minimum atomic E-state index is -3.89. The Morgan fingerprint density at radius 3 is 2.64 bits per heavy atom. The summed E-state index contributed by atoms with van der Waals surface area (Å²) < 4.78 is 32.7. The number of carbonyl (C=O) groups excluding carboxylic acids is 3. The van der Waals surface area contributed by atoms with Crippen molar-refractivity contribution in [2.24, 2.45) is 5.92 Å². The molecule has 2 saturated heterocycles. The van der Waals surface area contributed by atoms with Crippen LogP contribution in [0.4, 0.5) is 0 Å². The summed E-state index contributed by atoms with van der Waals surface area (Å²) in [6.07, 6.45) is 6.87. The number of Topliss-reactive ketones (excluding diaryl/α,β-unsaturated/α-hetero) is 1. The van der Waals surface area contributed by atoms with Crippen LogP contribution in [-0.2, 0) is 19.6 Å². The van der Waals surface area contributed by atoms with Crippen LogP contribution in [0, 0.1) is 5.92 Å². The maximum atomic E-state index is 13.1. The lowest BCUT2D eigenvalue weighted by Gasteiger charge is -2.25. The fraction of sp³-hybridized carbons (Fsp3) is 0.370. The number of amides is 2. The third-order valence-corrected chi connectivity index (χ3v) is 9.10. The molecule has 2 aromatic heterocycles. The molecule has 2 aliphatic heterocycles. The molecular weight excluding hydrogens is 522 g/mol. The number of carbonyl (C=O) groups is 3. The molecule has 12 heteroatoms. The van der Waals surface area contributed by atoms with E-state index in [4.69, 9.17) is 4.42 Å². The number of rotatable bonds is 9. The number of aromatic nitrogens is 2. The minimum absolute atomic E-state index is 0.0321. The number of pyridine rings is 1. The first-order valence-corrected chi connectivity index (χ1v) is 14.2. The Bertz CT molecular complexity index is 1440. The van der Waals surface area contributed by atoms with Crippen LogP contribution < -0.4 is 5.32 Å². The van der Waals surface area contributed by atoms with Crippen molar-refractivity contribution in [3.05, 3.63) is 66.9 Å². The normalized spacial score (nSPS) is 20.1. The molecule has 1 N–H and O–H groups in total. The van der Waals surface area contributed by atoms with Gasteiger partial charge in [0.05, 0.1) is 18.8 Å². The second-order valence-corrected chi connectivity index (χ2v) is 11.8. The number of oxazole rings is 1. The number of hydrogen-bond acceptors (Lipinski definition) is 8. The Morgan fingerprint density at radius 1 is 1.15 bits per heavy atom. The molecule has 2 amide bonds. The second kappa shape index (κ2) is 11.1. The summed E-state index contributed by atoms with van der Waals surface area (Å²) in [5, 5.41) is 2.88. The first kappa shape index (κ1) is 26.7. The van der Waals surface area contributed by atoms with E-state index in [1.165, 1.54) is 40.1 Å². The summed E-state index contributed by atoms with van der Waals surface area (Å²) in [7, 11) is -3.89. The van der Waals surface area contributed by atoms with Crippen molar-refractivity contribution in [3.8, 4) is 11.3 Å². The SMILES string of the molecule is CC(CCNC(=O)c1ccc(-c2cnco2)cc1)CC(=O)N1CCC2C1C(=O)CN2S(=O)(=O)c1cccnc1. The highest BCUT2D eigenvalue weighted by atomic mass is 32.2. The molecular formula is C27H29N5O6S. The van der Waals surface area contributed by atoms with Crippen molar-refractivity contribution >= 4 is 27.6 Å². The molecule has 3 unspecified atom stereocenters. The van der Waals surface area contributed by atoms with Gasteiger partial charge < -0.3 is 14.6 Å². The molecule has 0 radical (unpaired) electrons. The highest BCUT2D eigenvalue weighted by molar-refractivity contribution is 7.89. The van der Waals surface area contributed by atoms with E-state index in [9.17, 15) is 22.8 Å². The molecule has 39 heavy (non-hydrogen) atoms. The summed E-state index contributed by atoms with van der Waals surface area (Å²) in [5.41, 5.74) is 1.33. The van der Waals surface area contributed by atoms with Gasteiger partial charge in [-0.15, -0.1) is 0 Å². The Kier molecular flexibility index (Phi) is 7.58. The third kappa shape index (κ3) is 5.48. The largest absolute Gasteiger partial charge is 0.444 e. The van der Waals surface area contributed by atoms with Crippen molar-refractivity contribution in [1.82, 2.24) is 24.5 Å². The van der Waals surface area contributed by atoms with E-state index in [0.29, 0.717) is 37.3 Å². The average Bonchev–Trinajstić information content (AvgIpc) is 3.68. The fourth-order valence-corrected chi connectivity index (χ4v) is 6.79. The van der Waals surface area contributed by atoms with E-state index in [-0.39, 0.29) is 41.4 Å². The number of likely N-dealkylation sites (tertiary alicyclic amines) is 1. The zero-order valence-corrected chi connectivity index (χ0v) is 22.2. The zero-order chi connectivity index (χ0) is 27.6. The number of sulfonamides is 1. The molecule has 204 valence electrons. The quantitative estimate of drug-likeness (QED) is 0.426. The highest BCUT2D eigenvalue weighted by Crippen LogP contribution is 2.34. The van der Waals surface area contributed by atoms with Crippen LogP contribution in [0.5, 0.6) is 0 Å².